The molecule has 0 spiro atoms. The van der Waals surface area contributed by atoms with Crippen LogP contribution in [0.2, 0.25) is 0 Å². The van der Waals surface area contributed by atoms with Crippen molar-refractivity contribution in [3.8, 4) is 0 Å². The van der Waals surface area contributed by atoms with Gasteiger partial charge < -0.3 is 14.9 Å². The fraction of sp³-hybridized carbons (Fsp3) is 0.538. The van der Waals surface area contributed by atoms with Gasteiger partial charge >= 0.3 is 0 Å². The van der Waals surface area contributed by atoms with E-state index in [2.05, 4.69) is 16.9 Å². The lowest BCUT2D eigenvalue weighted by Crippen LogP contribution is -2.47. The van der Waals surface area contributed by atoms with Crippen molar-refractivity contribution in [1.29, 1.82) is 0 Å². The number of likely N-dealkylation sites (N-methyl/N-ethyl adjacent to an activating group) is 1. The lowest BCUT2D eigenvalue weighted by molar-refractivity contribution is 0.0664. The first-order valence-corrected chi connectivity index (χ1v) is 6.24. The number of aliphatic hydroxyl groups is 1. The summed E-state index contributed by atoms with van der Waals surface area (Å²) in [5.41, 5.74) is 1.43. The van der Waals surface area contributed by atoms with Crippen molar-refractivity contribution in [3.05, 3.63) is 29.6 Å². The van der Waals surface area contributed by atoms with Crippen LogP contribution in [0.25, 0.3) is 0 Å². The third-order valence-electron chi connectivity index (χ3n) is 3.22. The van der Waals surface area contributed by atoms with Crippen LogP contribution in [0, 0.1) is 0 Å². The van der Waals surface area contributed by atoms with Gasteiger partial charge in [-0.2, -0.15) is 0 Å². The smallest absolute Gasteiger partial charge is 0.254 e. The maximum Gasteiger partial charge on any atom is 0.254 e. The van der Waals surface area contributed by atoms with E-state index in [0.717, 1.165) is 31.9 Å². The standard InChI is InChI=1S/C13H19N3O2/c1-15-5-7-16(8-6-15)13(18)11-2-4-14-12(10-11)3-9-17/h2,4,10,17H,3,5-9H2,1H3. The zero-order chi connectivity index (χ0) is 13.0. The predicted octanol–water partition coefficient (Wildman–Crippen LogP) is 0.00400. The average molecular weight is 249 g/mol. The second-order valence-corrected chi connectivity index (χ2v) is 4.60. The number of amides is 1. The summed E-state index contributed by atoms with van der Waals surface area (Å²) in [4.78, 5) is 20.5. The summed E-state index contributed by atoms with van der Waals surface area (Å²) in [6.45, 7) is 3.43. The molecule has 1 N–H and O–H groups in total. The third kappa shape index (κ3) is 3.05. The molecule has 0 atom stereocenters. The Labute approximate surface area is 107 Å². The molecule has 18 heavy (non-hydrogen) atoms. The van der Waals surface area contributed by atoms with Crippen molar-refractivity contribution >= 4 is 5.91 Å². The maximum absolute atomic E-state index is 12.3. The van der Waals surface area contributed by atoms with E-state index >= 15 is 0 Å². The summed E-state index contributed by atoms with van der Waals surface area (Å²) in [7, 11) is 2.06. The summed E-state index contributed by atoms with van der Waals surface area (Å²) in [5.74, 6) is 0.0599. The summed E-state index contributed by atoms with van der Waals surface area (Å²) < 4.78 is 0. The molecule has 0 bridgehead atoms. The number of aromatic nitrogens is 1. The highest BCUT2D eigenvalue weighted by atomic mass is 16.3. The number of aliphatic hydroxyl groups excluding tert-OH is 1. The number of hydrogen-bond acceptors (Lipinski definition) is 4. The van der Waals surface area contributed by atoms with Gasteiger partial charge in [-0.25, -0.2) is 0 Å². The number of rotatable bonds is 3. The van der Waals surface area contributed by atoms with Crippen LogP contribution >= 0.6 is 0 Å². The molecule has 0 aromatic carbocycles. The molecule has 2 rings (SSSR count). The summed E-state index contributed by atoms with van der Waals surface area (Å²) in [6.07, 6.45) is 2.12. The zero-order valence-electron chi connectivity index (χ0n) is 10.7. The molecule has 1 fully saturated rings. The van der Waals surface area contributed by atoms with Gasteiger partial charge in [0.2, 0.25) is 0 Å². The minimum atomic E-state index is 0.0547. The van der Waals surface area contributed by atoms with Gasteiger partial charge in [-0.15, -0.1) is 0 Å². The van der Waals surface area contributed by atoms with Crippen LogP contribution in [-0.2, 0) is 6.42 Å². The summed E-state index contributed by atoms with van der Waals surface area (Å²) in [6, 6.07) is 3.51. The van der Waals surface area contributed by atoms with Crippen molar-refractivity contribution in [1.82, 2.24) is 14.8 Å². The first-order valence-electron chi connectivity index (χ1n) is 6.24. The molecule has 1 aliphatic rings. The van der Waals surface area contributed by atoms with Crippen LogP contribution in [0.1, 0.15) is 16.1 Å². The maximum atomic E-state index is 12.3. The van der Waals surface area contributed by atoms with E-state index in [4.69, 9.17) is 5.11 Å². The van der Waals surface area contributed by atoms with Crippen molar-refractivity contribution in [2.75, 3.05) is 39.8 Å². The van der Waals surface area contributed by atoms with Gasteiger partial charge in [-0.05, 0) is 19.2 Å². The van der Waals surface area contributed by atoms with Crippen molar-refractivity contribution in [3.63, 3.8) is 0 Å². The van der Waals surface area contributed by atoms with Crippen molar-refractivity contribution in [2.45, 2.75) is 6.42 Å². The largest absolute Gasteiger partial charge is 0.396 e. The number of carbonyl (C=O) groups is 1. The fourth-order valence-electron chi connectivity index (χ4n) is 2.05. The minimum absolute atomic E-state index is 0.0547. The Morgan fingerprint density at radius 3 is 2.78 bits per heavy atom. The van der Waals surface area contributed by atoms with Crippen LogP contribution in [0.4, 0.5) is 0 Å². The van der Waals surface area contributed by atoms with Gasteiger partial charge in [0.15, 0.2) is 0 Å². The molecule has 0 unspecified atom stereocenters. The number of pyridine rings is 1. The van der Waals surface area contributed by atoms with E-state index in [1.54, 1.807) is 18.3 Å². The number of carbonyl (C=O) groups excluding carboxylic acids is 1. The monoisotopic (exact) mass is 249 g/mol. The van der Waals surface area contributed by atoms with Gasteiger partial charge in [0.05, 0.1) is 0 Å². The van der Waals surface area contributed by atoms with E-state index in [0.29, 0.717) is 12.0 Å². The Bertz CT molecular complexity index is 414. The zero-order valence-corrected chi connectivity index (χ0v) is 10.7. The molecule has 1 saturated heterocycles. The van der Waals surface area contributed by atoms with Gasteiger partial charge in [0, 0.05) is 56.7 Å². The highest BCUT2D eigenvalue weighted by molar-refractivity contribution is 5.94. The second kappa shape index (κ2) is 5.93. The quantitative estimate of drug-likeness (QED) is 0.819. The third-order valence-corrected chi connectivity index (χ3v) is 3.22. The number of hydrogen-bond donors (Lipinski definition) is 1. The fourth-order valence-corrected chi connectivity index (χ4v) is 2.05. The molecule has 1 aromatic heterocycles. The number of nitrogens with zero attached hydrogens (tertiary/aromatic N) is 3. The Hall–Kier alpha value is -1.46. The lowest BCUT2D eigenvalue weighted by atomic mass is 10.1. The molecule has 98 valence electrons. The topological polar surface area (TPSA) is 56.7 Å². The lowest BCUT2D eigenvalue weighted by Gasteiger charge is -2.32. The van der Waals surface area contributed by atoms with E-state index < -0.39 is 0 Å². The molecule has 0 saturated carbocycles. The van der Waals surface area contributed by atoms with Crippen LogP contribution in [0.15, 0.2) is 18.3 Å². The summed E-state index contributed by atoms with van der Waals surface area (Å²) >= 11 is 0. The molecule has 1 aliphatic heterocycles. The van der Waals surface area contributed by atoms with Gasteiger partial charge in [-0.1, -0.05) is 0 Å². The Kier molecular flexibility index (Phi) is 4.28. The van der Waals surface area contributed by atoms with E-state index in [9.17, 15) is 4.79 Å². The summed E-state index contributed by atoms with van der Waals surface area (Å²) in [5, 5.41) is 8.89. The molecule has 1 aromatic rings. The molecular weight excluding hydrogens is 230 g/mol. The Morgan fingerprint density at radius 2 is 2.11 bits per heavy atom. The molecule has 5 heteroatoms. The van der Waals surface area contributed by atoms with E-state index in [1.807, 2.05) is 4.90 Å². The van der Waals surface area contributed by atoms with E-state index in [-0.39, 0.29) is 12.5 Å². The molecule has 1 amide bonds. The van der Waals surface area contributed by atoms with Crippen LogP contribution in [0.5, 0.6) is 0 Å². The van der Waals surface area contributed by atoms with Crippen molar-refractivity contribution < 1.29 is 9.90 Å². The van der Waals surface area contributed by atoms with Gasteiger partial charge in [0.25, 0.3) is 5.91 Å². The van der Waals surface area contributed by atoms with Crippen LogP contribution in [-0.4, -0.2) is 65.6 Å². The molecule has 0 aliphatic carbocycles. The first kappa shape index (κ1) is 13.0. The highest BCUT2D eigenvalue weighted by Crippen LogP contribution is 2.09. The molecule has 0 radical (unpaired) electrons. The highest BCUT2D eigenvalue weighted by Gasteiger charge is 2.20. The molecule has 5 nitrogen and oxygen atoms in total. The van der Waals surface area contributed by atoms with Gasteiger partial charge in [-0.3, -0.25) is 9.78 Å². The van der Waals surface area contributed by atoms with Gasteiger partial charge in [0.1, 0.15) is 0 Å². The molecular formula is C13H19N3O2. The number of piperazine rings is 1. The second-order valence-electron chi connectivity index (χ2n) is 4.60. The van der Waals surface area contributed by atoms with E-state index in [1.165, 1.54) is 0 Å². The molecule has 2 heterocycles. The first-order chi connectivity index (χ1) is 8.70. The normalized spacial score (nSPS) is 16.9. The average Bonchev–Trinajstić information content (AvgIpc) is 2.39. The predicted molar refractivity (Wildman–Crippen MR) is 68.4 cm³/mol. The van der Waals surface area contributed by atoms with Crippen LogP contribution < -0.4 is 0 Å². The van der Waals surface area contributed by atoms with Crippen LogP contribution in [0.3, 0.4) is 0 Å². The SMILES string of the molecule is CN1CCN(C(=O)c2ccnc(CCO)c2)CC1. The Morgan fingerprint density at radius 1 is 1.39 bits per heavy atom. The Balaban J connectivity index is 2.06. The minimum Gasteiger partial charge on any atom is -0.396 e. The van der Waals surface area contributed by atoms with Crippen molar-refractivity contribution in [2.24, 2.45) is 0 Å².